The van der Waals surface area contributed by atoms with Gasteiger partial charge in [-0.2, -0.15) is 0 Å². The van der Waals surface area contributed by atoms with Gasteiger partial charge < -0.3 is 15.3 Å². The smallest absolute Gasteiger partial charge is 0.239 e. The summed E-state index contributed by atoms with van der Waals surface area (Å²) >= 11 is 0. The van der Waals surface area contributed by atoms with Gasteiger partial charge in [-0.1, -0.05) is 13.8 Å². The van der Waals surface area contributed by atoms with Crippen LogP contribution < -0.4 is 5.32 Å². The Labute approximate surface area is 91.6 Å². The number of rotatable bonds is 5. The fraction of sp³-hybridized carbons (Fsp3) is 0.909. The van der Waals surface area contributed by atoms with Crippen LogP contribution in [0, 0.1) is 5.92 Å². The van der Waals surface area contributed by atoms with Gasteiger partial charge in [-0.05, 0) is 18.8 Å². The maximum Gasteiger partial charge on any atom is 0.239 e. The SMILES string of the molecule is CC(C)[C@H](CCO)N[C@H]1CCN(C)C1=O. The predicted octanol–water partition coefficient (Wildman–Crippen LogP) is 0.214. The van der Waals surface area contributed by atoms with Crippen molar-refractivity contribution in [3.63, 3.8) is 0 Å². The van der Waals surface area contributed by atoms with Crippen molar-refractivity contribution in [3.05, 3.63) is 0 Å². The minimum atomic E-state index is -0.0473. The molecule has 0 aliphatic carbocycles. The molecule has 1 fully saturated rings. The van der Waals surface area contributed by atoms with E-state index >= 15 is 0 Å². The molecule has 15 heavy (non-hydrogen) atoms. The molecule has 1 amide bonds. The van der Waals surface area contributed by atoms with Crippen LogP contribution in [-0.2, 0) is 4.79 Å². The fourth-order valence-electron chi connectivity index (χ4n) is 1.98. The van der Waals surface area contributed by atoms with E-state index in [1.807, 2.05) is 7.05 Å². The Balaban J connectivity index is 2.48. The van der Waals surface area contributed by atoms with E-state index in [0.29, 0.717) is 12.3 Å². The van der Waals surface area contributed by atoms with Gasteiger partial charge in [-0.25, -0.2) is 0 Å². The highest BCUT2D eigenvalue weighted by Crippen LogP contribution is 2.13. The number of amides is 1. The number of aliphatic hydroxyl groups excluding tert-OH is 1. The zero-order valence-electron chi connectivity index (χ0n) is 9.86. The number of likely N-dealkylation sites (N-methyl/N-ethyl adjacent to an activating group) is 1. The fourth-order valence-corrected chi connectivity index (χ4v) is 1.98. The van der Waals surface area contributed by atoms with Crippen LogP contribution in [-0.4, -0.2) is 48.2 Å². The molecular formula is C11H22N2O2. The van der Waals surface area contributed by atoms with Crippen molar-refractivity contribution in [2.45, 2.75) is 38.8 Å². The molecule has 1 rings (SSSR count). The Bertz CT molecular complexity index is 219. The Morgan fingerprint density at radius 3 is 2.67 bits per heavy atom. The van der Waals surface area contributed by atoms with Crippen molar-refractivity contribution in [2.24, 2.45) is 5.92 Å². The van der Waals surface area contributed by atoms with Gasteiger partial charge in [0, 0.05) is 26.2 Å². The highest BCUT2D eigenvalue weighted by atomic mass is 16.3. The van der Waals surface area contributed by atoms with Gasteiger partial charge >= 0.3 is 0 Å². The Hall–Kier alpha value is -0.610. The number of nitrogens with zero attached hydrogens (tertiary/aromatic N) is 1. The molecule has 2 N–H and O–H groups in total. The first-order valence-electron chi connectivity index (χ1n) is 5.68. The molecule has 1 aliphatic rings. The van der Waals surface area contributed by atoms with Gasteiger partial charge in [-0.15, -0.1) is 0 Å². The van der Waals surface area contributed by atoms with Crippen molar-refractivity contribution >= 4 is 5.91 Å². The Kier molecular flexibility index (Phi) is 4.54. The Morgan fingerprint density at radius 1 is 1.60 bits per heavy atom. The summed E-state index contributed by atoms with van der Waals surface area (Å²) in [4.78, 5) is 13.4. The van der Waals surface area contributed by atoms with Crippen molar-refractivity contribution in [1.82, 2.24) is 10.2 Å². The maximum absolute atomic E-state index is 11.7. The van der Waals surface area contributed by atoms with Crippen molar-refractivity contribution < 1.29 is 9.90 Å². The van der Waals surface area contributed by atoms with Crippen LogP contribution in [0.2, 0.25) is 0 Å². The minimum absolute atomic E-state index is 0.0473. The standard InChI is InChI=1S/C11H22N2O2/c1-8(2)9(5-7-14)12-10-4-6-13(3)11(10)15/h8-10,12,14H,4-7H2,1-3H3/t9-,10-/m0/s1. The number of aliphatic hydroxyl groups is 1. The number of likely N-dealkylation sites (tertiary alicyclic amines) is 1. The third-order valence-corrected chi connectivity index (χ3v) is 3.09. The van der Waals surface area contributed by atoms with E-state index in [2.05, 4.69) is 19.2 Å². The molecule has 4 heteroatoms. The summed E-state index contributed by atoms with van der Waals surface area (Å²) < 4.78 is 0. The molecule has 1 heterocycles. The topological polar surface area (TPSA) is 52.6 Å². The molecule has 4 nitrogen and oxygen atoms in total. The summed E-state index contributed by atoms with van der Waals surface area (Å²) in [5.41, 5.74) is 0. The number of nitrogens with one attached hydrogen (secondary N) is 1. The summed E-state index contributed by atoms with van der Waals surface area (Å²) in [5.74, 6) is 0.620. The van der Waals surface area contributed by atoms with E-state index in [4.69, 9.17) is 5.11 Å². The van der Waals surface area contributed by atoms with Crippen LogP contribution in [0.3, 0.4) is 0 Å². The lowest BCUT2D eigenvalue weighted by atomic mass is 10.00. The van der Waals surface area contributed by atoms with E-state index < -0.39 is 0 Å². The molecule has 0 bridgehead atoms. The lowest BCUT2D eigenvalue weighted by molar-refractivity contribution is -0.128. The lowest BCUT2D eigenvalue weighted by Gasteiger charge is -2.24. The second-order valence-electron chi connectivity index (χ2n) is 4.63. The molecule has 0 saturated carbocycles. The van der Waals surface area contributed by atoms with Crippen molar-refractivity contribution in [3.8, 4) is 0 Å². The molecule has 0 aromatic heterocycles. The van der Waals surface area contributed by atoms with Crippen molar-refractivity contribution in [1.29, 1.82) is 0 Å². The molecule has 0 spiro atoms. The van der Waals surface area contributed by atoms with Gasteiger partial charge in [0.2, 0.25) is 5.91 Å². The van der Waals surface area contributed by atoms with Crippen LogP contribution in [0.5, 0.6) is 0 Å². The van der Waals surface area contributed by atoms with E-state index in [1.54, 1.807) is 4.90 Å². The van der Waals surface area contributed by atoms with Crippen LogP contribution in [0.4, 0.5) is 0 Å². The Morgan fingerprint density at radius 2 is 2.27 bits per heavy atom. The van der Waals surface area contributed by atoms with Gasteiger partial charge in [0.25, 0.3) is 0 Å². The largest absolute Gasteiger partial charge is 0.396 e. The van der Waals surface area contributed by atoms with E-state index in [-0.39, 0.29) is 24.6 Å². The number of hydrogen-bond donors (Lipinski definition) is 2. The molecule has 2 atom stereocenters. The molecule has 0 unspecified atom stereocenters. The molecule has 1 aliphatic heterocycles. The number of hydrogen-bond acceptors (Lipinski definition) is 3. The summed E-state index contributed by atoms with van der Waals surface area (Å²) in [6, 6.07) is 0.185. The molecule has 88 valence electrons. The van der Waals surface area contributed by atoms with E-state index in [9.17, 15) is 4.79 Å². The zero-order chi connectivity index (χ0) is 11.4. The predicted molar refractivity (Wildman–Crippen MR) is 59.5 cm³/mol. The van der Waals surface area contributed by atoms with Crippen LogP contribution in [0.25, 0.3) is 0 Å². The first-order chi connectivity index (χ1) is 7.06. The van der Waals surface area contributed by atoms with Gasteiger partial charge in [-0.3, -0.25) is 4.79 Å². The third kappa shape index (κ3) is 3.18. The number of carbonyl (C=O) groups excluding carboxylic acids is 1. The third-order valence-electron chi connectivity index (χ3n) is 3.09. The van der Waals surface area contributed by atoms with Crippen LogP contribution in [0.1, 0.15) is 26.7 Å². The number of carbonyl (C=O) groups is 1. The second kappa shape index (κ2) is 5.47. The highest BCUT2D eigenvalue weighted by molar-refractivity contribution is 5.83. The van der Waals surface area contributed by atoms with Crippen molar-refractivity contribution in [2.75, 3.05) is 20.2 Å². The molecular weight excluding hydrogens is 192 g/mol. The van der Waals surface area contributed by atoms with Crippen LogP contribution in [0.15, 0.2) is 0 Å². The van der Waals surface area contributed by atoms with E-state index in [0.717, 1.165) is 13.0 Å². The average Bonchev–Trinajstić information content (AvgIpc) is 2.48. The van der Waals surface area contributed by atoms with Crippen LogP contribution >= 0.6 is 0 Å². The second-order valence-corrected chi connectivity index (χ2v) is 4.63. The quantitative estimate of drug-likeness (QED) is 0.688. The zero-order valence-corrected chi connectivity index (χ0v) is 9.86. The minimum Gasteiger partial charge on any atom is -0.396 e. The first-order valence-corrected chi connectivity index (χ1v) is 5.68. The normalized spacial score (nSPS) is 23.9. The summed E-state index contributed by atoms with van der Waals surface area (Å²) in [5, 5.41) is 12.3. The lowest BCUT2D eigenvalue weighted by Crippen LogP contribution is -2.45. The molecule has 0 aromatic rings. The average molecular weight is 214 g/mol. The van der Waals surface area contributed by atoms with Gasteiger partial charge in [0.1, 0.15) is 0 Å². The molecule has 1 saturated heterocycles. The first kappa shape index (κ1) is 12.5. The van der Waals surface area contributed by atoms with Gasteiger partial charge in [0.15, 0.2) is 0 Å². The molecule has 0 aromatic carbocycles. The maximum atomic E-state index is 11.7. The monoisotopic (exact) mass is 214 g/mol. The highest BCUT2D eigenvalue weighted by Gasteiger charge is 2.31. The van der Waals surface area contributed by atoms with E-state index in [1.165, 1.54) is 0 Å². The summed E-state index contributed by atoms with van der Waals surface area (Å²) in [7, 11) is 1.83. The summed E-state index contributed by atoms with van der Waals surface area (Å²) in [6.45, 7) is 5.22. The van der Waals surface area contributed by atoms with Gasteiger partial charge in [0.05, 0.1) is 6.04 Å². The summed E-state index contributed by atoms with van der Waals surface area (Å²) in [6.07, 6.45) is 1.59. The molecule has 0 radical (unpaired) electrons.